The fourth-order valence-electron chi connectivity index (χ4n) is 2.63. The van der Waals surface area contributed by atoms with Crippen LogP contribution in [0.15, 0.2) is 17.5 Å². The lowest BCUT2D eigenvalue weighted by Gasteiger charge is -2.30. The van der Waals surface area contributed by atoms with E-state index >= 15 is 0 Å². The predicted molar refractivity (Wildman–Crippen MR) is 75.9 cm³/mol. The van der Waals surface area contributed by atoms with Crippen LogP contribution < -0.4 is 5.32 Å². The minimum absolute atomic E-state index is 0.264. The summed E-state index contributed by atoms with van der Waals surface area (Å²) in [6.45, 7) is 5.06. The molecule has 2 rings (SSSR count). The molecule has 0 spiro atoms. The van der Waals surface area contributed by atoms with Gasteiger partial charge in [0.1, 0.15) is 6.17 Å². The van der Waals surface area contributed by atoms with E-state index in [4.69, 9.17) is 0 Å². The Morgan fingerprint density at radius 3 is 2.67 bits per heavy atom. The van der Waals surface area contributed by atoms with Crippen LogP contribution in [-0.4, -0.2) is 28.6 Å². The number of rotatable bonds is 4. The van der Waals surface area contributed by atoms with Gasteiger partial charge < -0.3 is 4.90 Å². The molecule has 21 heavy (non-hydrogen) atoms. The molecule has 1 saturated heterocycles. The second-order valence-corrected chi connectivity index (χ2v) is 6.61. The Morgan fingerprint density at radius 1 is 1.52 bits per heavy atom. The lowest BCUT2D eigenvalue weighted by atomic mass is 9.99. The third-order valence-electron chi connectivity index (χ3n) is 3.96. The maximum Gasteiger partial charge on any atom is 0.391 e. The molecule has 1 aromatic rings. The number of halogens is 3. The highest BCUT2D eigenvalue weighted by Crippen LogP contribution is 2.38. The van der Waals surface area contributed by atoms with Gasteiger partial charge in [-0.3, -0.25) is 10.1 Å². The summed E-state index contributed by atoms with van der Waals surface area (Å²) < 4.78 is 38.0. The first-order valence-electron chi connectivity index (χ1n) is 6.88. The van der Waals surface area contributed by atoms with Gasteiger partial charge >= 0.3 is 6.18 Å². The van der Waals surface area contributed by atoms with E-state index in [0.29, 0.717) is 6.42 Å². The zero-order valence-electron chi connectivity index (χ0n) is 12.2. The van der Waals surface area contributed by atoms with Crippen LogP contribution in [-0.2, 0) is 4.79 Å². The Bertz CT molecular complexity index is 503. The van der Waals surface area contributed by atoms with Crippen molar-refractivity contribution in [3.05, 3.63) is 22.4 Å². The van der Waals surface area contributed by atoms with Gasteiger partial charge in [-0.2, -0.15) is 13.2 Å². The Labute approximate surface area is 126 Å². The SMILES string of the molecule is CCC1(C)NC(c2cccs2)N(C(C)CC(F)(F)F)C1=O. The summed E-state index contributed by atoms with van der Waals surface area (Å²) in [6.07, 6.45) is -5.24. The first kappa shape index (κ1) is 16.3. The van der Waals surface area contributed by atoms with Gasteiger partial charge in [0, 0.05) is 10.9 Å². The van der Waals surface area contributed by atoms with Crippen molar-refractivity contribution in [1.82, 2.24) is 10.2 Å². The van der Waals surface area contributed by atoms with Gasteiger partial charge in [0.2, 0.25) is 5.91 Å². The molecule has 1 fully saturated rings. The van der Waals surface area contributed by atoms with Crippen LogP contribution >= 0.6 is 11.3 Å². The van der Waals surface area contributed by atoms with Crippen LogP contribution in [0.4, 0.5) is 13.2 Å². The topological polar surface area (TPSA) is 32.3 Å². The van der Waals surface area contributed by atoms with Crippen LogP contribution in [0.5, 0.6) is 0 Å². The van der Waals surface area contributed by atoms with E-state index in [2.05, 4.69) is 5.32 Å². The highest BCUT2D eigenvalue weighted by atomic mass is 32.1. The number of thiophene rings is 1. The maximum absolute atomic E-state index is 12.7. The van der Waals surface area contributed by atoms with Crippen molar-refractivity contribution in [2.75, 3.05) is 0 Å². The van der Waals surface area contributed by atoms with E-state index in [0.717, 1.165) is 4.88 Å². The molecule has 3 atom stereocenters. The highest BCUT2D eigenvalue weighted by Gasteiger charge is 2.50. The van der Waals surface area contributed by atoms with Crippen LogP contribution in [0, 0.1) is 0 Å². The number of carbonyl (C=O) groups is 1. The Morgan fingerprint density at radius 2 is 2.19 bits per heavy atom. The molecule has 1 aliphatic rings. The average molecular weight is 320 g/mol. The maximum atomic E-state index is 12.7. The lowest BCUT2D eigenvalue weighted by Crippen LogP contribution is -2.45. The standard InChI is InChI=1S/C14H19F3N2OS/c1-4-13(3)12(20)19(9(2)8-14(15,16)17)11(18-13)10-6-5-7-21-10/h5-7,9,11,18H,4,8H2,1-3H3. The van der Waals surface area contributed by atoms with Crippen LogP contribution in [0.2, 0.25) is 0 Å². The summed E-state index contributed by atoms with van der Waals surface area (Å²) in [5, 5.41) is 5.06. The van der Waals surface area contributed by atoms with Gasteiger partial charge in [0.15, 0.2) is 0 Å². The zero-order chi connectivity index (χ0) is 15.8. The van der Waals surface area contributed by atoms with Gasteiger partial charge in [-0.15, -0.1) is 11.3 Å². The van der Waals surface area contributed by atoms with Crippen molar-refractivity contribution in [2.24, 2.45) is 0 Å². The number of carbonyl (C=O) groups excluding carboxylic acids is 1. The number of nitrogens with zero attached hydrogens (tertiary/aromatic N) is 1. The predicted octanol–water partition coefficient (Wildman–Crippen LogP) is 3.69. The zero-order valence-corrected chi connectivity index (χ0v) is 13.0. The summed E-state index contributed by atoms with van der Waals surface area (Å²) in [6, 6.07) is 2.77. The highest BCUT2D eigenvalue weighted by molar-refractivity contribution is 7.10. The van der Waals surface area contributed by atoms with Gasteiger partial charge in [-0.05, 0) is 31.7 Å². The van der Waals surface area contributed by atoms with E-state index in [1.54, 1.807) is 6.92 Å². The van der Waals surface area contributed by atoms with Crippen molar-refractivity contribution < 1.29 is 18.0 Å². The molecular weight excluding hydrogens is 301 g/mol. The van der Waals surface area contributed by atoms with Gasteiger partial charge in [0.25, 0.3) is 0 Å². The smallest absolute Gasteiger partial charge is 0.317 e. The summed E-state index contributed by atoms with van der Waals surface area (Å²) in [5.41, 5.74) is -0.811. The molecule has 3 nitrogen and oxygen atoms in total. The van der Waals surface area contributed by atoms with Gasteiger partial charge in [-0.1, -0.05) is 13.0 Å². The number of alkyl halides is 3. The van der Waals surface area contributed by atoms with E-state index in [-0.39, 0.29) is 5.91 Å². The van der Waals surface area contributed by atoms with Crippen LogP contribution in [0.1, 0.15) is 44.7 Å². The Hall–Kier alpha value is -1.08. The molecule has 1 aliphatic heterocycles. The number of amides is 1. The molecule has 1 aromatic heterocycles. The van der Waals surface area contributed by atoms with E-state index < -0.39 is 30.3 Å². The van der Waals surface area contributed by atoms with Gasteiger partial charge in [0.05, 0.1) is 12.0 Å². The molecular formula is C14H19F3N2OS. The first-order valence-corrected chi connectivity index (χ1v) is 7.76. The van der Waals surface area contributed by atoms with Crippen molar-refractivity contribution >= 4 is 17.2 Å². The minimum atomic E-state index is -4.29. The number of hydrogen-bond donors (Lipinski definition) is 1. The summed E-state index contributed by atoms with van der Waals surface area (Å²) in [7, 11) is 0. The van der Waals surface area contributed by atoms with E-state index in [9.17, 15) is 18.0 Å². The molecule has 118 valence electrons. The largest absolute Gasteiger partial charge is 0.391 e. The van der Waals surface area contributed by atoms with Crippen molar-refractivity contribution in [2.45, 2.75) is 57.5 Å². The molecule has 1 N–H and O–H groups in total. The molecule has 0 bridgehead atoms. The Kier molecular flexibility index (Phi) is 4.35. The summed E-state index contributed by atoms with van der Waals surface area (Å²) in [5.74, 6) is -0.264. The summed E-state index contributed by atoms with van der Waals surface area (Å²) >= 11 is 1.43. The fraction of sp³-hybridized carbons (Fsp3) is 0.643. The van der Waals surface area contributed by atoms with E-state index in [1.165, 1.54) is 23.2 Å². The molecule has 0 radical (unpaired) electrons. The normalized spacial score (nSPS) is 28.2. The number of nitrogens with one attached hydrogen (secondary N) is 1. The monoisotopic (exact) mass is 320 g/mol. The van der Waals surface area contributed by atoms with Crippen molar-refractivity contribution in [3.8, 4) is 0 Å². The molecule has 7 heteroatoms. The van der Waals surface area contributed by atoms with E-state index in [1.807, 2.05) is 24.4 Å². The molecule has 0 saturated carbocycles. The molecule has 0 aliphatic carbocycles. The summed E-state index contributed by atoms with van der Waals surface area (Å²) in [4.78, 5) is 14.8. The number of hydrogen-bond acceptors (Lipinski definition) is 3. The van der Waals surface area contributed by atoms with Crippen LogP contribution in [0.3, 0.4) is 0 Å². The molecule has 2 heterocycles. The molecule has 0 aromatic carbocycles. The van der Waals surface area contributed by atoms with Crippen molar-refractivity contribution in [3.63, 3.8) is 0 Å². The quantitative estimate of drug-likeness (QED) is 0.918. The third kappa shape index (κ3) is 3.23. The average Bonchev–Trinajstić information content (AvgIpc) is 2.95. The third-order valence-corrected chi connectivity index (χ3v) is 4.89. The minimum Gasteiger partial charge on any atom is -0.317 e. The lowest BCUT2D eigenvalue weighted by molar-refractivity contribution is -0.154. The Balaban J connectivity index is 2.32. The van der Waals surface area contributed by atoms with Crippen molar-refractivity contribution in [1.29, 1.82) is 0 Å². The van der Waals surface area contributed by atoms with Gasteiger partial charge in [-0.25, -0.2) is 0 Å². The first-order chi connectivity index (χ1) is 9.68. The van der Waals surface area contributed by atoms with Crippen LogP contribution in [0.25, 0.3) is 0 Å². The second kappa shape index (κ2) is 5.61. The fourth-order valence-corrected chi connectivity index (χ4v) is 3.40. The molecule has 3 unspecified atom stereocenters. The second-order valence-electron chi connectivity index (χ2n) is 5.63. The molecule has 1 amide bonds.